The molecular weight excluding hydrogens is 538 g/mol. The van der Waals surface area contributed by atoms with Crippen LogP contribution in [0.3, 0.4) is 0 Å². The van der Waals surface area contributed by atoms with E-state index in [1.165, 1.54) is 109 Å². The van der Waals surface area contributed by atoms with Crippen LogP contribution in [0.4, 0.5) is 4.79 Å². The maximum absolute atomic E-state index is 12.3. The van der Waals surface area contributed by atoms with Crippen LogP contribution in [0.1, 0.15) is 155 Å². The Balaban J connectivity index is 2.27. The third kappa shape index (κ3) is 23.3. The molecule has 0 aromatic rings. The SMILES string of the molecule is CCCCCCCCC(CCCCCCCC)COC(=O)OCCCCCN(CCOS(C)(=O)=O)C1CCCCC1. The van der Waals surface area contributed by atoms with Gasteiger partial charge in [-0.1, -0.05) is 110 Å². The quantitative estimate of drug-likeness (QED) is 0.0526. The van der Waals surface area contributed by atoms with Crippen molar-refractivity contribution in [2.75, 3.05) is 39.2 Å². The Hall–Kier alpha value is -0.860. The number of carbonyl (C=O) groups excluding carboxylic acids is 1. The van der Waals surface area contributed by atoms with Gasteiger partial charge in [-0.25, -0.2) is 4.79 Å². The van der Waals surface area contributed by atoms with Gasteiger partial charge in [0.1, 0.15) is 0 Å². The summed E-state index contributed by atoms with van der Waals surface area (Å²) >= 11 is 0. The van der Waals surface area contributed by atoms with Gasteiger partial charge in [-0.2, -0.15) is 8.42 Å². The van der Waals surface area contributed by atoms with Gasteiger partial charge in [0.05, 0.1) is 26.1 Å². The topological polar surface area (TPSA) is 82.1 Å². The van der Waals surface area contributed by atoms with Gasteiger partial charge >= 0.3 is 6.16 Å². The van der Waals surface area contributed by atoms with E-state index in [9.17, 15) is 13.2 Å². The summed E-state index contributed by atoms with van der Waals surface area (Å²) in [5.74, 6) is 0.442. The van der Waals surface area contributed by atoms with Gasteiger partial charge in [0.15, 0.2) is 0 Å². The van der Waals surface area contributed by atoms with Crippen molar-refractivity contribution in [2.45, 2.75) is 161 Å². The lowest BCUT2D eigenvalue weighted by molar-refractivity contribution is 0.0403. The van der Waals surface area contributed by atoms with Crippen LogP contribution in [-0.4, -0.2) is 64.7 Å². The minimum atomic E-state index is -3.41. The molecule has 1 aliphatic carbocycles. The van der Waals surface area contributed by atoms with Crippen molar-refractivity contribution < 1.29 is 26.9 Å². The fraction of sp³-hybridized carbons (Fsp3) is 0.970. The molecule has 7 nitrogen and oxygen atoms in total. The minimum absolute atomic E-state index is 0.211. The maximum atomic E-state index is 12.3. The molecule has 0 spiro atoms. The van der Waals surface area contributed by atoms with E-state index < -0.39 is 16.3 Å². The van der Waals surface area contributed by atoms with Crippen molar-refractivity contribution in [2.24, 2.45) is 5.92 Å². The molecule has 0 aromatic heterocycles. The molecular formula is C33H65NO6S. The summed E-state index contributed by atoms with van der Waals surface area (Å²) in [4.78, 5) is 14.7. The van der Waals surface area contributed by atoms with Crippen LogP contribution >= 0.6 is 0 Å². The molecule has 0 atom stereocenters. The van der Waals surface area contributed by atoms with Crippen molar-refractivity contribution in [3.8, 4) is 0 Å². The second-order valence-corrected chi connectivity index (χ2v) is 13.9. The summed E-state index contributed by atoms with van der Waals surface area (Å²) in [6.45, 7) is 7.14. The first kappa shape index (κ1) is 38.2. The van der Waals surface area contributed by atoms with E-state index in [1.54, 1.807) is 0 Å². The summed E-state index contributed by atoms with van der Waals surface area (Å²) < 4.78 is 38.7. The highest BCUT2D eigenvalue weighted by Crippen LogP contribution is 2.23. The zero-order valence-corrected chi connectivity index (χ0v) is 27.9. The van der Waals surface area contributed by atoms with Crippen molar-refractivity contribution in [1.82, 2.24) is 4.90 Å². The number of unbranched alkanes of at least 4 members (excludes halogenated alkanes) is 12. The van der Waals surface area contributed by atoms with E-state index in [2.05, 4.69) is 18.7 Å². The van der Waals surface area contributed by atoms with Gasteiger partial charge in [0.2, 0.25) is 0 Å². The van der Waals surface area contributed by atoms with Crippen molar-refractivity contribution in [1.29, 1.82) is 0 Å². The largest absolute Gasteiger partial charge is 0.508 e. The van der Waals surface area contributed by atoms with Crippen molar-refractivity contribution in [3.63, 3.8) is 0 Å². The zero-order valence-electron chi connectivity index (χ0n) is 27.1. The highest BCUT2D eigenvalue weighted by atomic mass is 32.2. The van der Waals surface area contributed by atoms with Crippen LogP contribution in [0.2, 0.25) is 0 Å². The summed E-state index contributed by atoms with van der Waals surface area (Å²) in [7, 11) is -3.41. The lowest BCUT2D eigenvalue weighted by atomic mass is 9.94. The van der Waals surface area contributed by atoms with E-state index >= 15 is 0 Å². The van der Waals surface area contributed by atoms with E-state index in [0.717, 1.165) is 44.9 Å². The maximum Gasteiger partial charge on any atom is 0.508 e. The zero-order chi connectivity index (χ0) is 30.0. The van der Waals surface area contributed by atoms with Gasteiger partial charge in [0.25, 0.3) is 10.1 Å². The van der Waals surface area contributed by atoms with Crippen LogP contribution in [0.5, 0.6) is 0 Å². The van der Waals surface area contributed by atoms with Crippen LogP contribution in [-0.2, 0) is 23.8 Å². The predicted octanol–water partition coefficient (Wildman–Crippen LogP) is 9.04. The van der Waals surface area contributed by atoms with Crippen molar-refractivity contribution in [3.05, 3.63) is 0 Å². The molecule has 0 saturated heterocycles. The molecule has 0 heterocycles. The third-order valence-corrected chi connectivity index (χ3v) is 9.04. The Morgan fingerprint density at radius 2 is 1.27 bits per heavy atom. The molecule has 1 saturated carbocycles. The molecule has 1 fully saturated rings. The Morgan fingerprint density at radius 3 is 1.85 bits per heavy atom. The molecule has 0 unspecified atom stereocenters. The van der Waals surface area contributed by atoms with Gasteiger partial charge in [-0.05, 0) is 57.4 Å². The number of nitrogens with zero attached hydrogens (tertiary/aromatic N) is 1. The van der Waals surface area contributed by atoms with Crippen molar-refractivity contribution >= 4 is 16.3 Å². The second-order valence-electron chi connectivity index (χ2n) is 12.3. The molecule has 1 aliphatic rings. The second kappa shape index (κ2) is 25.6. The summed E-state index contributed by atoms with van der Waals surface area (Å²) in [6.07, 6.45) is 27.2. The summed E-state index contributed by atoms with van der Waals surface area (Å²) in [5, 5.41) is 0. The molecule has 244 valence electrons. The minimum Gasteiger partial charge on any atom is -0.434 e. The number of hydrogen-bond acceptors (Lipinski definition) is 7. The summed E-state index contributed by atoms with van der Waals surface area (Å²) in [5.41, 5.74) is 0. The highest BCUT2D eigenvalue weighted by molar-refractivity contribution is 7.85. The van der Waals surface area contributed by atoms with Gasteiger partial charge < -0.3 is 9.47 Å². The first-order valence-electron chi connectivity index (χ1n) is 17.2. The molecule has 0 bridgehead atoms. The smallest absolute Gasteiger partial charge is 0.434 e. The van der Waals surface area contributed by atoms with E-state index in [4.69, 9.17) is 13.7 Å². The van der Waals surface area contributed by atoms with Gasteiger partial charge in [-0.15, -0.1) is 0 Å². The standard InChI is InChI=1S/C33H65NO6S/c1-4-6-8-10-12-16-22-31(23-17-13-11-9-7-5-2)30-39-33(35)38-28-21-15-20-26-34(27-29-40-41(3,36)37)32-24-18-14-19-25-32/h31-32H,4-30H2,1-3H3. The van der Waals surface area contributed by atoms with E-state index in [0.29, 0.717) is 31.7 Å². The number of carbonyl (C=O) groups is 1. The van der Waals surface area contributed by atoms with Gasteiger partial charge in [0, 0.05) is 12.6 Å². The Kier molecular flexibility index (Phi) is 23.8. The predicted molar refractivity (Wildman–Crippen MR) is 170 cm³/mol. The lowest BCUT2D eigenvalue weighted by Crippen LogP contribution is -2.40. The van der Waals surface area contributed by atoms with E-state index in [1.807, 2.05) is 0 Å². The molecule has 0 amide bonds. The fourth-order valence-electron chi connectivity index (χ4n) is 5.94. The Labute approximate surface area is 254 Å². The average molecular weight is 604 g/mol. The number of ether oxygens (including phenoxy) is 2. The van der Waals surface area contributed by atoms with E-state index in [-0.39, 0.29) is 6.61 Å². The lowest BCUT2D eigenvalue weighted by Gasteiger charge is -2.34. The number of rotatable bonds is 27. The molecule has 8 heteroatoms. The molecule has 0 N–H and O–H groups in total. The van der Waals surface area contributed by atoms with Crippen LogP contribution in [0.25, 0.3) is 0 Å². The summed E-state index contributed by atoms with van der Waals surface area (Å²) in [6, 6.07) is 0.513. The first-order valence-corrected chi connectivity index (χ1v) is 19.0. The number of hydrogen-bond donors (Lipinski definition) is 0. The van der Waals surface area contributed by atoms with Crippen LogP contribution in [0.15, 0.2) is 0 Å². The van der Waals surface area contributed by atoms with Gasteiger partial charge in [-0.3, -0.25) is 9.08 Å². The Bertz CT molecular complexity index is 695. The highest BCUT2D eigenvalue weighted by Gasteiger charge is 2.21. The average Bonchev–Trinajstić information content (AvgIpc) is 2.95. The monoisotopic (exact) mass is 603 g/mol. The molecule has 41 heavy (non-hydrogen) atoms. The molecule has 0 aromatic carbocycles. The van der Waals surface area contributed by atoms with Crippen LogP contribution < -0.4 is 0 Å². The normalized spacial score (nSPS) is 14.7. The molecule has 0 aliphatic heterocycles. The first-order chi connectivity index (χ1) is 19.9. The third-order valence-electron chi connectivity index (χ3n) is 8.45. The Morgan fingerprint density at radius 1 is 0.707 bits per heavy atom. The van der Waals surface area contributed by atoms with Crippen LogP contribution in [0, 0.1) is 5.92 Å². The molecule has 1 rings (SSSR count). The molecule has 0 radical (unpaired) electrons. The fourth-order valence-corrected chi connectivity index (χ4v) is 6.32.